The molecule has 9 heteroatoms. The van der Waals surface area contributed by atoms with Crippen molar-refractivity contribution in [2.24, 2.45) is 0 Å². The number of carbonyl (C=O) groups is 1. The Morgan fingerprint density at radius 2 is 1.93 bits per heavy atom. The molecule has 0 radical (unpaired) electrons. The second-order valence-electron chi connectivity index (χ2n) is 6.52. The van der Waals surface area contributed by atoms with Gasteiger partial charge in [-0.25, -0.2) is 4.39 Å². The zero-order valence-electron chi connectivity index (χ0n) is 15.7. The summed E-state index contributed by atoms with van der Waals surface area (Å²) < 4.78 is 20.5. The van der Waals surface area contributed by atoms with Gasteiger partial charge in [0.25, 0.3) is 5.91 Å². The Morgan fingerprint density at radius 1 is 1.21 bits per heavy atom. The number of ether oxygens (including phenoxy) is 1. The minimum absolute atomic E-state index is 0.0692. The Balaban J connectivity index is 1.81. The number of aromatic amines is 1. The third kappa shape index (κ3) is 4.41. The number of hydrogen-bond donors (Lipinski definition) is 4. The van der Waals surface area contributed by atoms with Gasteiger partial charge < -0.3 is 26.5 Å². The monoisotopic (exact) mass is 436 g/mol. The van der Waals surface area contributed by atoms with Crippen molar-refractivity contribution in [2.75, 3.05) is 11.5 Å². The Hall–Kier alpha value is -2.90. The topological polar surface area (TPSA) is 106 Å². The highest BCUT2D eigenvalue weighted by Gasteiger charge is 2.18. The first-order chi connectivity index (χ1) is 13.7. The lowest BCUT2D eigenvalue weighted by Gasteiger charge is -2.13. The molecule has 0 bridgehead atoms. The van der Waals surface area contributed by atoms with E-state index in [2.05, 4.69) is 10.3 Å². The highest BCUT2D eigenvalue weighted by molar-refractivity contribution is 6.32. The molecule has 0 spiro atoms. The minimum Gasteiger partial charge on any atom is -0.453 e. The van der Waals surface area contributed by atoms with E-state index in [0.29, 0.717) is 33.3 Å². The van der Waals surface area contributed by atoms with Gasteiger partial charge in [0.2, 0.25) is 0 Å². The molecule has 2 aromatic carbocycles. The number of carbonyl (C=O) groups excluding carboxylic acids is 1. The molecule has 152 valence electrons. The molecular weight excluding hydrogens is 418 g/mol. The number of nitrogen functional groups attached to an aromatic ring is 2. The average molecular weight is 437 g/mol. The SMILES string of the molecule is Cc1[nH]c(C(=O)NCc2ccc(Cl)c(Oc3cc(N)cc(Cl)c3)c2F)c(C)c1N. The first kappa shape index (κ1) is 20.8. The van der Waals surface area contributed by atoms with Gasteiger partial charge in [0, 0.05) is 40.1 Å². The maximum Gasteiger partial charge on any atom is 0.268 e. The predicted octanol–water partition coefficient (Wildman–Crippen LogP) is 4.96. The number of rotatable bonds is 5. The van der Waals surface area contributed by atoms with Crippen LogP contribution < -0.4 is 21.5 Å². The van der Waals surface area contributed by atoms with Crippen LogP contribution in [0.5, 0.6) is 11.5 Å². The van der Waals surface area contributed by atoms with Crippen molar-refractivity contribution in [1.29, 1.82) is 0 Å². The van der Waals surface area contributed by atoms with Gasteiger partial charge >= 0.3 is 0 Å². The van der Waals surface area contributed by atoms with E-state index in [1.54, 1.807) is 13.8 Å². The van der Waals surface area contributed by atoms with Crippen molar-refractivity contribution >= 4 is 40.5 Å². The van der Waals surface area contributed by atoms with Crippen molar-refractivity contribution in [3.8, 4) is 11.5 Å². The van der Waals surface area contributed by atoms with Crippen LogP contribution in [-0.2, 0) is 6.54 Å². The molecule has 6 nitrogen and oxygen atoms in total. The van der Waals surface area contributed by atoms with Gasteiger partial charge in [-0.3, -0.25) is 4.79 Å². The summed E-state index contributed by atoms with van der Waals surface area (Å²) in [4.78, 5) is 15.4. The van der Waals surface area contributed by atoms with Crippen LogP contribution in [0, 0.1) is 19.7 Å². The molecule has 0 saturated carbocycles. The summed E-state index contributed by atoms with van der Waals surface area (Å²) in [5, 5.41) is 3.07. The summed E-state index contributed by atoms with van der Waals surface area (Å²) in [5.74, 6) is -1.04. The Kier molecular flexibility index (Phi) is 5.91. The molecule has 0 fully saturated rings. The number of amides is 1. The summed E-state index contributed by atoms with van der Waals surface area (Å²) >= 11 is 12.0. The van der Waals surface area contributed by atoms with Gasteiger partial charge in [-0.05, 0) is 32.0 Å². The fourth-order valence-electron chi connectivity index (χ4n) is 2.82. The van der Waals surface area contributed by atoms with Gasteiger partial charge in [-0.1, -0.05) is 29.3 Å². The molecule has 29 heavy (non-hydrogen) atoms. The molecular formula is C20H19Cl2FN4O2. The number of aryl methyl sites for hydroxylation is 1. The number of nitrogens with two attached hydrogens (primary N) is 2. The highest BCUT2D eigenvalue weighted by Crippen LogP contribution is 2.35. The molecule has 0 unspecified atom stereocenters. The maximum atomic E-state index is 15.0. The number of H-pyrrole nitrogens is 1. The number of benzene rings is 2. The van der Waals surface area contributed by atoms with E-state index in [9.17, 15) is 9.18 Å². The largest absolute Gasteiger partial charge is 0.453 e. The van der Waals surface area contributed by atoms with E-state index >= 15 is 0 Å². The summed E-state index contributed by atoms with van der Waals surface area (Å²) in [6.07, 6.45) is 0. The summed E-state index contributed by atoms with van der Waals surface area (Å²) in [6.45, 7) is 3.43. The van der Waals surface area contributed by atoms with Crippen LogP contribution in [0.2, 0.25) is 10.0 Å². The number of halogens is 3. The van der Waals surface area contributed by atoms with Crippen LogP contribution in [0.15, 0.2) is 30.3 Å². The van der Waals surface area contributed by atoms with E-state index in [1.165, 1.54) is 30.3 Å². The molecule has 3 aromatic rings. The van der Waals surface area contributed by atoms with Gasteiger partial charge in [-0.15, -0.1) is 0 Å². The van der Waals surface area contributed by atoms with Crippen molar-refractivity contribution in [3.05, 3.63) is 68.7 Å². The third-order valence-electron chi connectivity index (χ3n) is 4.40. The van der Waals surface area contributed by atoms with E-state index in [0.717, 1.165) is 0 Å². The second kappa shape index (κ2) is 8.23. The lowest BCUT2D eigenvalue weighted by molar-refractivity contribution is 0.0945. The third-order valence-corrected chi connectivity index (χ3v) is 4.92. The lowest BCUT2D eigenvalue weighted by atomic mass is 10.1. The average Bonchev–Trinajstić information content (AvgIpc) is 2.91. The van der Waals surface area contributed by atoms with E-state index in [-0.39, 0.29) is 28.6 Å². The summed E-state index contributed by atoms with van der Waals surface area (Å²) in [7, 11) is 0. The van der Waals surface area contributed by atoms with Crippen LogP contribution in [-0.4, -0.2) is 10.9 Å². The molecule has 0 saturated heterocycles. The maximum absolute atomic E-state index is 15.0. The van der Waals surface area contributed by atoms with Crippen molar-refractivity contribution < 1.29 is 13.9 Å². The van der Waals surface area contributed by atoms with Crippen LogP contribution in [0.1, 0.15) is 27.3 Å². The first-order valence-electron chi connectivity index (χ1n) is 8.61. The molecule has 1 amide bonds. The fraction of sp³-hybridized carbons (Fsp3) is 0.150. The molecule has 0 atom stereocenters. The standard InChI is InChI=1S/C20H19Cl2FN4O2/c1-9-17(25)10(2)27-18(9)20(28)26-8-11-3-4-15(22)19(16(11)23)29-14-6-12(21)5-13(24)7-14/h3-7,27H,8,24-25H2,1-2H3,(H,26,28). The zero-order valence-corrected chi connectivity index (χ0v) is 17.2. The minimum atomic E-state index is -0.699. The van der Waals surface area contributed by atoms with Gasteiger partial charge in [0.1, 0.15) is 11.4 Å². The van der Waals surface area contributed by atoms with Gasteiger partial charge in [0.15, 0.2) is 11.6 Å². The van der Waals surface area contributed by atoms with Crippen molar-refractivity contribution in [3.63, 3.8) is 0 Å². The zero-order chi connectivity index (χ0) is 21.3. The predicted molar refractivity (Wildman–Crippen MR) is 113 cm³/mol. The van der Waals surface area contributed by atoms with Crippen LogP contribution in [0.25, 0.3) is 0 Å². The first-order valence-corrected chi connectivity index (χ1v) is 9.36. The number of anilines is 2. The Labute approximate surface area is 176 Å². The molecule has 3 rings (SSSR count). The van der Waals surface area contributed by atoms with Gasteiger partial charge in [0.05, 0.1) is 10.7 Å². The molecule has 1 aromatic heterocycles. The molecule has 0 aliphatic heterocycles. The number of aromatic nitrogens is 1. The van der Waals surface area contributed by atoms with E-state index < -0.39 is 11.7 Å². The quantitative estimate of drug-likeness (QED) is 0.423. The second-order valence-corrected chi connectivity index (χ2v) is 7.36. The van der Waals surface area contributed by atoms with E-state index in [4.69, 9.17) is 39.4 Å². The highest BCUT2D eigenvalue weighted by atomic mass is 35.5. The Morgan fingerprint density at radius 3 is 2.55 bits per heavy atom. The molecule has 0 aliphatic carbocycles. The summed E-state index contributed by atoms with van der Waals surface area (Å²) in [5.41, 5.74) is 14.4. The van der Waals surface area contributed by atoms with Gasteiger partial charge in [-0.2, -0.15) is 0 Å². The Bertz CT molecular complexity index is 1080. The normalized spacial score (nSPS) is 10.8. The van der Waals surface area contributed by atoms with E-state index in [1.807, 2.05) is 0 Å². The lowest BCUT2D eigenvalue weighted by Crippen LogP contribution is -2.24. The molecule has 6 N–H and O–H groups in total. The fourth-order valence-corrected chi connectivity index (χ4v) is 3.24. The van der Waals surface area contributed by atoms with Crippen LogP contribution >= 0.6 is 23.2 Å². The van der Waals surface area contributed by atoms with Crippen molar-refractivity contribution in [2.45, 2.75) is 20.4 Å². The molecule has 1 heterocycles. The molecule has 0 aliphatic rings. The van der Waals surface area contributed by atoms with Crippen LogP contribution in [0.3, 0.4) is 0 Å². The van der Waals surface area contributed by atoms with Crippen LogP contribution in [0.4, 0.5) is 15.8 Å². The number of hydrogen-bond acceptors (Lipinski definition) is 4. The van der Waals surface area contributed by atoms with Crippen molar-refractivity contribution in [1.82, 2.24) is 10.3 Å². The number of nitrogens with one attached hydrogen (secondary N) is 2. The summed E-state index contributed by atoms with van der Waals surface area (Å²) in [6, 6.07) is 7.48. The smallest absolute Gasteiger partial charge is 0.268 e.